The van der Waals surface area contributed by atoms with Gasteiger partial charge in [-0.1, -0.05) is 37.3 Å². The fourth-order valence-corrected chi connectivity index (χ4v) is 4.96. The first-order valence-corrected chi connectivity index (χ1v) is 12.0. The van der Waals surface area contributed by atoms with Gasteiger partial charge in [0, 0.05) is 30.6 Å². The van der Waals surface area contributed by atoms with Crippen LogP contribution < -0.4 is 14.8 Å². The van der Waals surface area contributed by atoms with Gasteiger partial charge in [0.2, 0.25) is 11.8 Å². The molecule has 0 saturated heterocycles. The summed E-state index contributed by atoms with van der Waals surface area (Å²) in [6.45, 7) is 1.58. The predicted octanol–water partition coefficient (Wildman–Crippen LogP) is 1.25. The topological polar surface area (TPSA) is 129 Å². The van der Waals surface area contributed by atoms with E-state index in [-0.39, 0.29) is 38.6 Å². The van der Waals surface area contributed by atoms with Crippen LogP contribution in [-0.4, -0.2) is 70.5 Å². The molecule has 9 heteroatoms. The molecule has 1 aliphatic heterocycles. The number of fused-ring (bicyclic) bond motifs is 3. The highest BCUT2D eigenvalue weighted by atomic mass is 16.5. The number of aliphatic hydroxyl groups is 3. The van der Waals surface area contributed by atoms with E-state index in [0.717, 1.165) is 5.56 Å². The molecule has 0 bridgehead atoms. The first-order chi connectivity index (χ1) is 17.4. The molecule has 0 fully saturated rings. The molecule has 0 spiro atoms. The summed E-state index contributed by atoms with van der Waals surface area (Å²) in [4.78, 5) is 27.9. The van der Waals surface area contributed by atoms with Crippen molar-refractivity contribution in [3.05, 3.63) is 70.8 Å². The molecule has 0 saturated carbocycles. The van der Waals surface area contributed by atoms with Crippen molar-refractivity contribution in [1.82, 2.24) is 10.2 Å². The number of nitrogens with zero attached hydrogens (tertiary/aromatic N) is 1. The molecule has 1 heterocycles. The van der Waals surface area contributed by atoms with Crippen molar-refractivity contribution in [2.45, 2.75) is 50.7 Å². The minimum atomic E-state index is -1.14. The van der Waals surface area contributed by atoms with Crippen LogP contribution in [0.4, 0.5) is 0 Å². The van der Waals surface area contributed by atoms with E-state index in [1.807, 2.05) is 30.3 Å². The Labute approximate surface area is 210 Å². The maximum absolute atomic E-state index is 13.3. The first kappa shape index (κ1) is 25.7. The Hall–Kier alpha value is -3.40. The van der Waals surface area contributed by atoms with Gasteiger partial charge in [0.1, 0.15) is 12.2 Å². The molecule has 0 unspecified atom stereocenters. The molecule has 4 N–H and O–H groups in total. The Morgan fingerprint density at radius 1 is 1.14 bits per heavy atom. The number of aliphatic hydroxyl groups excluding tert-OH is 3. The third-order valence-electron chi connectivity index (χ3n) is 6.67. The molecule has 0 aromatic heterocycles. The monoisotopic (exact) mass is 496 g/mol. The molecular weight excluding hydrogens is 464 g/mol. The number of carbonyl (C=O) groups is 2. The lowest BCUT2D eigenvalue weighted by atomic mass is 9.77. The van der Waals surface area contributed by atoms with Crippen LogP contribution in [0, 0.1) is 0 Å². The molecule has 192 valence electrons. The summed E-state index contributed by atoms with van der Waals surface area (Å²) in [6, 6.07) is 12.0. The lowest BCUT2D eigenvalue weighted by Gasteiger charge is -2.40. The van der Waals surface area contributed by atoms with Gasteiger partial charge in [0.05, 0.1) is 32.3 Å². The molecule has 2 aliphatic rings. The number of nitrogens with one attached hydrogen (secondary N) is 1. The number of amides is 2. The Kier molecular flexibility index (Phi) is 7.93. The van der Waals surface area contributed by atoms with Crippen molar-refractivity contribution in [2.75, 3.05) is 20.3 Å². The van der Waals surface area contributed by atoms with Crippen molar-refractivity contribution in [2.24, 2.45) is 0 Å². The van der Waals surface area contributed by atoms with E-state index in [1.165, 1.54) is 7.11 Å². The molecule has 0 radical (unpaired) electrons. The second kappa shape index (κ2) is 11.1. The fourth-order valence-electron chi connectivity index (χ4n) is 4.96. The van der Waals surface area contributed by atoms with E-state index in [1.54, 1.807) is 30.0 Å². The number of hydrogen-bond donors (Lipinski definition) is 4. The summed E-state index contributed by atoms with van der Waals surface area (Å²) in [5.74, 6) is -0.481. The van der Waals surface area contributed by atoms with Gasteiger partial charge >= 0.3 is 0 Å². The SMILES string of the molecule is CCC(=O)N(Cc1ccccc1)[C@@H]1C=C(C(=O)NCCO)[C@@H]2c3cc(CO)cc(OC)c3O[C@@H]2[C@H]1O. The van der Waals surface area contributed by atoms with E-state index < -0.39 is 30.1 Å². The Morgan fingerprint density at radius 3 is 2.53 bits per heavy atom. The summed E-state index contributed by atoms with van der Waals surface area (Å²) < 4.78 is 11.7. The van der Waals surface area contributed by atoms with E-state index in [4.69, 9.17) is 9.47 Å². The second-order valence-electron chi connectivity index (χ2n) is 8.88. The van der Waals surface area contributed by atoms with Crippen LogP contribution in [0.5, 0.6) is 11.5 Å². The Morgan fingerprint density at radius 2 is 1.89 bits per heavy atom. The summed E-state index contributed by atoms with van der Waals surface area (Å²) >= 11 is 0. The van der Waals surface area contributed by atoms with Gasteiger partial charge in [0.15, 0.2) is 11.5 Å². The van der Waals surface area contributed by atoms with E-state index in [2.05, 4.69) is 5.32 Å². The molecule has 2 aromatic rings. The van der Waals surface area contributed by atoms with Crippen LogP contribution in [0.3, 0.4) is 0 Å². The average Bonchev–Trinajstić information content (AvgIpc) is 3.30. The highest BCUT2D eigenvalue weighted by Gasteiger charge is 2.51. The molecule has 4 atom stereocenters. The van der Waals surface area contributed by atoms with E-state index in [9.17, 15) is 24.9 Å². The minimum absolute atomic E-state index is 0.0517. The number of hydrogen-bond acceptors (Lipinski definition) is 7. The quantitative estimate of drug-likeness (QED) is 0.411. The van der Waals surface area contributed by atoms with Gasteiger partial charge in [-0.05, 0) is 29.3 Å². The standard InChI is InChI=1S/C27H32N2O7/c1-3-22(32)29(14-16-7-5-4-6-8-16)20-13-19(27(34)28-9-10-30)23-18-11-17(15-31)12-21(35-2)25(18)36-26(23)24(20)33/h4-8,11-13,20,23-24,26,30-31,33H,3,9-10,14-15H2,1-2H3,(H,28,34)/t20-,23+,24+,26+/m1/s1. The lowest BCUT2D eigenvalue weighted by molar-refractivity contribution is -0.137. The highest BCUT2D eigenvalue weighted by molar-refractivity contribution is 5.96. The summed E-state index contributed by atoms with van der Waals surface area (Å²) in [6.07, 6.45) is -0.154. The maximum atomic E-state index is 13.3. The molecule has 36 heavy (non-hydrogen) atoms. The zero-order chi connectivity index (χ0) is 25.8. The fraction of sp³-hybridized carbons (Fsp3) is 0.407. The largest absolute Gasteiger partial charge is 0.493 e. The number of rotatable bonds is 9. The minimum Gasteiger partial charge on any atom is -0.493 e. The molecule has 2 aromatic carbocycles. The van der Waals surface area contributed by atoms with Crippen LogP contribution >= 0.6 is 0 Å². The van der Waals surface area contributed by atoms with E-state index in [0.29, 0.717) is 28.2 Å². The summed E-state index contributed by atoms with van der Waals surface area (Å²) in [5, 5.41) is 33.2. The van der Waals surface area contributed by atoms with Crippen molar-refractivity contribution >= 4 is 11.8 Å². The van der Waals surface area contributed by atoms with Crippen molar-refractivity contribution in [3.63, 3.8) is 0 Å². The van der Waals surface area contributed by atoms with Crippen LogP contribution in [0.25, 0.3) is 0 Å². The summed E-state index contributed by atoms with van der Waals surface area (Å²) in [5.41, 5.74) is 2.40. The van der Waals surface area contributed by atoms with Gasteiger partial charge in [0.25, 0.3) is 0 Å². The Balaban J connectivity index is 1.81. The van der Waals surface area contributed by atoms with Gasteiger partial charge in [-0.15, -0.1) is 0 Å². The van der Waals surface area contributed by atoms with Gasteiger partial charge in [-0.25, -0.2) is 0 Å². The van der Waals surface area contributed by atoms with Crippen molar-refractivity contribution in [3.8, 4) is 11.5 Å². The van der Waals surface area contributed by atoms with Crippen molar-refractivity contribution in [1.29, 1.82) is 0 Å². The lowest BCUT2D eigenvalue weighted by Crippen LogP contribution is -2.55. The van der Waals surface area contributed by atoms with Crippen LogP contribution in [0.2, 0.25) is 0 Å². The number of carbonyl (C=O) groups excluding carboxylic acids is 2. The van der Waals surface area contributed by atoms with Crippen LogP contribution in [0.1, 0.15) is 36.0 Å². The van der Waals surface area contributed by atoms with Gasteiger partial charge in [-0.3, -0.25) is 9.59 Å². The molecular formula is C27H32N2O7. The molecule has 9 nitrogen and oxygen atoms in total. The first-order valence-electron chi connectivity index (χ1n) is 12.0. The number of ether oxygens (including phenoxy) is 2. The maximum Gasteiger partial charge on any atom is 0.247 e. The normalized spacial score (nSPS) is 22.1. The Bertz CT molecular complexity index is 1130. The molecule has 2 amide bonds. The van der Waals surface area contributed by atoms with E-state index >= 15 is 0 Å². The molecule has 1 aliphatic carbocycles. The smallest absolute Gasteiger partial charge is 0.247 e. The average molecular weight is 497 g/mol. The third-order valence-corrected chi connectivity index (χ3v) is 6.67. The molecule has 4 rings (SSSR count). The van der Waals surface area contributed by atoms with Crippen molar-refractivity contribution < 1.29 is 34.4 Å². The van der Waals surface area contributed by atoms with Crippen LogP contribution in [0.15, 0.2) is 54.1 Å². The van der Waals surface area contributed by atoms with Crippen LogP contribution in [-0.2, 0) is 22.7 Å². The van der Waals surface area contributed by atoms with Gasteiger partial charge < -0.3 is 35.0 Å². The third kappa shape index (κ3) is 4.82. The summed E-state index contributed by atoms with van der Waals surface area (Å²) in [7, 11) is 1.48. The zero-order valence-electron chi connectivity index (χ0n) is 20.4. The predicted molar refractivity (Wildman–Crippen MR) is 131 cm³/mol. The second-order valence-corrected chi connectivity index (χ2v) is 8.88. The zero-order valence-corrected chi connectivity index (χ0v) is 20.4. The number of methoxy groups -OCH3 is 1. The van der Waals surface area contributed by atoms with Gasteiger partial charge in [-0.2, -0.15) is 0 Å². The highest BCUT2D eigenvalue weighted by Crippen LogP contribution is 2.51. The number of benzene rings is 2.